The molecule has 1 aliphatic heterocycles. The maximum atomic E-state index is 13.0. The Balaban J connectivity index is 1.48. The summed E-state index contributed by atoms with van der Waals surface area (Å²) in [5, 5.41) is 0.897. The normalized spacial score (nSPS) is 15.8. The molecule has 0 amide bonds. The number of carbonyl (C=O) groups is 1. The van der Waals surface area contributed by atoms with Crippen LogP contribution in [0.4, 0.5) is 4.39 Å². The predicted octanol–water partition coefficient (Wildman–Crippen LogP) is 2.19. The first-order valence-corrected chi connectivity index (χ1v) is 9.37. The number of likely N-dealkylation sites (N-methyl/N-ethyl adjacent to an activating group) is 1. The zero-order valence-corrected chi connectivity index (χ0v) is 15.8. The maximum Gasteiger partial charge on any atom is 0.212 e. The zero-order valence-electron chi connectivity index (χ0n) is 15.8. The Labute approximate surface area is 163 Å². The maximum absolute atomic E-state index is 13.0. The molecule has 0 radical (unpaired) electrons. The monoisotopic (exact) mass is 379 g/mol. The molecule has 0 bridgehead atoms. The van der Waals surface area contributed by atoms with E-state index >= 15 is 0 Å². The van der Waals surface area contributed by atoms with Crippen molar-refractivity contribution in [2.45, 2.75) is 6.42 Å². The number of fused-ring (bicyclic) bond motifs is 1. The first kappa shape index (κ1) is 18.6. The Kier molecular flexibility index (Phi) is 5.36. The van der Waals surface area contributed by atoms with Gasteiger partial charge in [-0.1, -0.05) is 0 Å². The quantitative estimate of drug-likeness (QED) is 0.634. The van der Waals surface area contributed by atoms with Crippen LogP contribution in [-0.4, -0.2) is 70.3 Å². The smallest absolute Gasteiger partial charge is 0.212 e. The summed E-state index contributed by atoms with van der Waals surface area (Å²) in [7, 11) is 2.10. The van der Waals surface area contributed by atoms with Crippen LogP contribution in [0, 0.1) is 5.95 Å². The van der Waals surface area contributed by atoms with Crippen molar-refractivity contribution >= 4 is 16.7 Å². The van der Waals surface area contributed by atoms with E-state index in [-0.39, 0.29) is 5.78 Å². The van der Waals surface area contributed by atoms with Gasteiger partial charge in [0, 0.05) is 55.2 Å². The van der Waals surface area contributed by atoms with E-state index in [1.807, 2.05) is 18.2 Å². The van der Waals surface area contributed by atoms with Crippen LogP contribution in [0.1, 0.15) is 5.69 Å². The van der Waals surface area contributed by atoms with E-state index in [1.165, 1.54) is 12.3 Å². The first-order valence-electron chi connectivity index (χ1n) is 9.37. The van der Waals surface area contributed by atoms with Crippen LogP contribution in [0.15, 0.2) is 42.7 Å². The summed E-state index contributed by atoms with van der Waals surface area (Å²) >= 11 is 0. The first-order chi connectivity index (χ1) is 13.6. The molecule has 1 saturated heterocycles. The predicted molar refractivity (Wildman–Crippen MR) is 105 cm³/mol. The lowest BCUT2D eigenvalue weighted by Crippen LogP contribution is -2.46. The van der Waals surface area contributed by atoms with Gasteiger partial charge < -0.3 is 4.90 Å². The van der Waals surface area contributed by atoms with Gasteiger partial charge in [0.2, 0.25) is 5.95 Å². The summed E-state index contributed by atoms with van der Waals surface area (Å²) in [4.78, 5) is 29.7. The molecule has 3 aromatic heterocycles. The summed E-state index contributed by atoms with van der Waals surface area (Å²) in [6.45, 7) is 4.29. The number of ketones is 1. The molecule has 0 spiro atoms. The molecule has 0 aliphatic carbocycles. The minimum Gasteiger partial charge on any atom is -0.304 e. The minimum absolute atomic E-state index is 0.162. The number of hydrogen-bond acceptors (Lipinski definition) is 6. The van der Waals surface area contributed by atoms with Gasteiger partial charge in [0.05, 0.1) is 24.2 Å². The van der Waals surface area contributed by atoms with Crippen molar-refractivity contribution in [1.29, 1.82) is 0 Å². The molecule has 4 rings (SSSR count). The van der Waals surface area contributed by atoms with Gasteiger partial charge in [0.1, 0.15) is 0 Å². The number of aromatic nitrogens is 3. The molecule has 0 N–H and O–H groups in total. The molecule has 28 heavy (non-hydrogen) atoms. The lowest BCUT2D eigenvalue weighted by atomic mass is 10.1. The molecular formula is C21H22FN5O. The van der Waals surface area contributed by atoms with Crippen LogP contribution in [0.3, 0.4) is 0 Å². The van der Waals surface area contributed by atoms with Crippen molar-refractivity contribution in [3.8, 4) is 11.3 Å². The van der Waals surface area contributed by atoms with Crippen LogP contribution in [0.5, 0.6) is 0 Å². The van der Waals surface area contributed by atoms with E-state index in [9.17, 15) is 9.18 Å². The van der Waals surface area contributed by atoms with E-state index < -0.39 is 5.95 Å². The summed E-state index contributed by atoms with van der Waals surface area (Å²) in [5.74, 6) is -0.356. The number of piperazine rings is 1. The average molecular weight is 379 g/mol. The van der Waals surface area contributed by atoms with E-state index in [2.05, 4.69) is 31.8 Å². The van der Waals surface area contributed by atoms with Gasteiger partial charge in [-0.3, -0.25) is 14.7 Å². The second kappa shape index (κ2) is 8.08. The molecule has 4 heterocycles. The van der Waals surface area contributed by atoms with E-state index in [0.29, 0.717) is 24.4 Å². The SMILES string of the molecule is CN1CCN(CC(=O)Cc2cc3nc(-c4ccc(F)nc4)ccc3cn2)CC1. The van der Waals surface area contributed by atoms with Crippen molar-refractivity contribution in [3.63, 3.8) is 0 Å². The highest BCUT2D eigenvalue weighted by molar-refractivity contribution is 5.85. The van der Waals surface area contributed by atoms with E-state index in [0.717, 1.165) is 42.6 Å². The van der Waals surface area contributed by atoms with E-state index in [1.54, 1.807) is 12.3 Å². The number of carbonyl (C=O) groups excluding carboxylic acids is 1. The Hall–Kier alpha value is -2.77. The topological polar surface area (TPSA) is 62.2 Å². The Morgan fingerprint density at radius 3 is 2.64 bits per heavy atom. The van der Waals surface area contributed by atoms with Gasteiger partial charge in [-0.05, 0) is 37.4 Å². The zero-order chi connectivity index (χ0) is 19.5. The van der Waals surface area contributed by atoms with E-state index in [4.69, 9.17) is 0 Å². The standard InChI is InChI=1S/C21H22FN5O/c1-26-6-8-27(9-7-26)14-18(28)10-17-11-20-16(12-23-17)2-4-19(25-20)15-3-5-21(22)24-13-15/h2-5,11-13H,6-10,14H2,1H3. The van der Waals surface area contributed by atoms with Crippen LogP contribution in [0.25, 0.3) is 22.2 Å². The fourth-order valence-electron chi connectivity index (χ4n) is 3.36. The highest BCUT2D eigenvalue weighted by Gasteiger charge is 2.17. The van der Waals surface area contributed by atoms with Gasteiger partial charge in [-0.25, -0.2) is 9.97 Å². The van der Waals surface area contributed by atoms with Crippen molar-refractivity contribution in [2.75, 3.05) is 39.8 Å². The number of Topliss-reactive ketones (excluding diaryl/α,β-unsaturated/α-hetero) is 1. The number of halogens is 1. The van der Waals surface area contributed by atoms with Crippen LogP contribution in [-0.2, 0) is 11.2 Å². The summed E-state index contributed by atoms with van der Waals surface area (Å²) < 4.78 is 13.0. The van der Waals surface area contributed by atoms with Crippen molar-refractivity contribution in [2.24, 2.45) is 0 Å². The molecule has 6 nitrogen and oxygen atoms in total. The summed E-state index contributed by atoms with van der Waals surface area (Å²) in [5.41, 5.74) is 2.93. The fourth-order valence-corrected chi connectivity index (χ4v) is 3.36. The Bertz CT molecular complexity index is 984. The molecule has 1 fully saturated rings. The highest BCUT2D eigenvalue weighted by Crippen LogP contribution is 2.20. The molecule has 7 heteroatoms. The Morgan fingerprint density at radius 1 is 1.07 bits per heavy atom. The van der Waals surface area contributed by atoms with Crippen LogP contribution in [0.2, 0.25) is 0 Å². The molecular weight excluding hydrogens is 357 g/mol. The highest BCUT2D eigenvalue weighted by atomic mass is 19.1. The van der Waals surface area contributed by atoms with Gasteiger partial charge in [-0.2, -0.15) is 4.39 Å². The van der Waals surface area contributed by atoms with Gasteiger partial charge in [0.25, 0.3) is 0 Å². The molecule has 1 aliphatic rings. The van der Waals surface area contributed by atoms with Crippen LogP contribution < -0.4 is 0 Å². The number of nitrogens with zero attached hydrogens (tertiary/aromatic N) is 5. The second-order valence-electron chi connectivity index (χ2n) is 7.23. The molecule has 144 valence electrons. The van der Waals surface area contributed by atoms with Gasteiger partial charge in [-0.15, -0.1) is 0 Å². The fraction of sp³-hybridized carbons (Fsp3) is 0.333. The van der Waals surface area contributed by atoms with Crippen LogP contribution >= 0.6 is 0 Å². The van der Waals surface area contributed by atoms with Crippen molar-refractivity contribution in [1.82, 2.24) is 24.8 Å². The molecule has 0 saturated carbocycles. The van der Waals surface area contributed by atoms with Gasteiger partial charge >= 0.3 is 0 Å². The third kappa shape index (κ3) is 4.37. The van der Waals surface area contributed by atoms with Crippen molar-refractivity contribution in [3.05, 3.63) is 54.4 Å². The van der Waals surface area contributed by atoms with Crippen molar-refractivity contribution < 1.29 is 9.18 Å². The third-order valence-electron chi connectivity index (χ3n) is 5.03. The number of rotatable bonds is 5. The van der Waals surface area contributed by atoms with Gasteiger partial charge in [0.15, 0.2) is 5.78 Å². The second-order valence-corrected chi connectivity index (χ2v) is 7.23. The molecule has 0 atom stereocenters. The number of pyridine rings is 3. The summed E-state index contributed by atoms with van der Waals surface area (Å²) in [6, 6.07) is 8.60. The number of hydrogen-bond donors (Lipinski definition) is 0. The largest absolute Gasteiger partial charge is 0.304 e. The molecule has 3 aromatic rings. The lowest BCUT2D eigenvalue weighted by Gasteiger charge is -2.31. The third-order valence-corrected chi connectivity index (χ3v) is 5.03. The minimum atomic E-state index is -0.519. The lowest BCUT2D eigenvalue weighted by molar-refractivity contribution is -0.120. The molecule has 0 unspecified atom stereocenters. The molecule has 0 aromatic carbocycles. The average Bonchev–Trinajstić information content (AvgIpc) is 2.70. The Morgan fingerprint density at radius 2 is 1.89 bits per heavy atom. The summed E-state index contributed by atoms with van der Waals surface area (Å²) in [6.07, 6.45) is 3.50.